The third-order valence-electron chi connectivity index (χ3n) is 4.69. The first-order valence-corrected chi connectivity index (χ1v) is 15.4. The van der Waals surface area contributed by atoms with Crippen LogP contribution in [0.1, 0.15) is 105 Å². The largest absolute Gasteiger partial charge is 1.00 e. The molecule has 0 heterocycles. The predicted octanol–water partition coefficient (Wildman–Crippen LogP) is -3.12. The smallest absolute Gasteiger partial charge is 0.870 e. The Kier molecular flexibility index (Phi) is 68.6. The molecule has 0 aromatic rings. The summed E-state index contributed by atoms with van der Waals surface area (Å²) >= 11 is 0. The average Bonchev–Trinajstić information content (AvgIpc) is 3.00. The van der Waals surface area contributed by atoms with Gasteiger partial charge in [0.05, 0.1) is 33.2 Å². The van der Waals surface area contributed by atoms with Gasteiger partial charge in [0.2, 0.25) is 0 Å². The van der Waals surface area contributed by atoms with Crippen LogP contribution in [0.5, 0.6) is 0 Å². The number of esters is 3. The summed E-state index contributed by atoms with van der Waals surface area (Å²) in [7, 11) is 2.39. The summed E-state index contributed by atoms with van der Waals surface area (Å²) in [5.74, 6) is -3.62. The first-order chi connectivity index (χ1) is 21.4. The topological polar surface area (TPSA) is 231 Å². The Morgan fingerprint density at radius 2 is 0.938 bits per heavy atom. The van der Waals surface area contributed by atoms with Gasteiger partial charge in [0.1, 0.15) is 12.2 Å². The van der Waals surface area contributed by atoms with Crippen molar-refractivity contribution in [3.05, 3.63) is 0 Å². The van der Waals surface area contributed by atoms with Crippen molar-refractivity contribution in [2.24, 2.45) is 0 Å². The van der Waals surface area contributed by atoms with Crippen molar-refractivity contribution in [1.29, 1.82) is 0 Å². The number of ether oxygens (including phenoxy) is 6. The molecule has 0 aliphatic rings. The molecular weight excluding hydrogens is 658 g/mol. The number of methoxy groups -OCH3 is 2. The fraction of sp³-hybridized carbons (Fsp3) is 0.806. The number of ketones is 1. The molecule has 2 N–H and O–H groups in total. The van der Waals surface area contributed by atoms with E-state index in [1.54, 1.807) is 0 Å². The Bertz CT molecular complexity index is 755. The molecular formula is C31H58KLiO15. The van der Waals surface area contributed by atoms with Gasteiger partial charge in [0.25, 0.3) is 0 Å². The molecule has 0 unspecified atom stereocenters. The quantitative estimate of drug-likeness (QED) is 0.0342. The third kappa shape index (κ3) is 67.3. The molecule has 0 fully saturated rings. The zero-order valence-electron chi connectivity index (χ0n) is 30.6. The Morgan fingerprint density at radius 1 is 0.562 bits per heavy atom. The van der Waals surface area contributed by atoms with Crippen LogP contribution in [-0.4, -0.2) is 107 Å². The molecule has 0 radical (unpaired) electrons. The summed E-state index contributed by atoms with van der Waals surface area (Å²) in [5, 5.41) is 17.8. The van der Waals surface area contributed by atoms with Gasteiger partial charge in [-0.15, -0.1) is 0 Å². The molecule has 0 saturated carbocycles. The van der Waals surface area contributed by atoms with Gasteiger partial charge < -0.3 is 48.9 Å². The van der Waals surface area contributed by atoms with E-state index in [9.17, 15) is 33.9 Å². The van der Waals surface area contributed by atoms with Crippen molar-refractivity contribution in [3.8, 4) is 0 Å². The van der Waals surface area contributed by atoms with Crippen molar-refractivity contribution in [2.45, 2.75) is 105 Å². The molecule has 0 aliphatic heterocycles. The minimum absolute atomic E-state index is 0. The van der Waals surface area contributed by atoms with Crippen LogP contribution in [0, 0.1) is 0 Å². The minimum atomic E-state index is -1.42. The summed E-state index contributed by atoms with van der Waals surface area (Å²) in [6.45, 7) is 12.7. The molecule has 17 heteroatoms. The van der Waals surface area contributed by atoms with Crippen molar-refractivity contribution in [3.63, 3.8) is 0 Å². The number of hydrogen-bond acceptors (Lipinski definition) is 14. The van der Waals surface area contributed by atoms with Gasteiger partial charge in [0, 0.05) is 58.9 Å². The number of hydrogen-bond donors (Lipinski definition) is 1. The van der Waals surface area contributed by atoms with E-state index < -0.39 is 30.3 Å². The summed E-state index contributed by atoms with van der Waals surface area (Å²) in [6, 6.07) is 0. The molecule has 48 heavy (non-hydrogen) atoms. The van der Waals surface area contributed by atoms with Crippen molar-refractivity contribution < 1.29 is 143 Å². The fourth-order valence-corrected chi connectivity index (χ4v) is 2.55. The Labute approximate surface area is 341 Å². The fourth-order valence-electron chi connectivity index (χ4n) is 2.55. The Balaban J connectivity index is -0.0000000932. The zero-order valence-corrected chi connectivity index (χ0v) is 33.8. The number of aliphatic carboxylic acids is 2. The Hall–Kier alpha value is -0.906. The molecule has 0 aromatic carbocycles. The monoisotopic (exact) mass is 716 g/mol. The van der Waals surface area contributed by atoms with Crippen LogP contribution >= 0.6 is 0 Å². The van der Waals surface area contributed by atoms with Crippen LogP contribution in [0.25, 0.3) is 0 Å². The molecule has 274 valence electrons. The molecule has 0 atom stereocenters. The molecule has 0 saturated heterocycles. The number of carboxylic acids is 2. The molecule has 0 spiro atoms. The van der Waals surface area contributed by atoms with Gasteiger partial charge >= 0.3 is 94.1 Å². The second kappa shape index (κ2) is 52.9. The van der Waals surface area contributed by atoms with Crippen LogP contribution < -0.4 is 75.4 Å². The second-order valence-corrected chi connectivity index (χ2v) is 9.18. The van der Waals surface area contributed by atoms with Crippen LogP contribution in [-0.2, 0) is 57.2 Å². The standard InChI is InChI=1S/C10H18O4.C10H20O3.C7H14O3.C4H6O4.K.Li.H2O/c1-3-6-14-7-4-5-9(11)8-10(12)13-2;1-3-7-12-9-5-6-10(11)13-8-4-2;1-2-5-10-6-3-4-7(8)9;1-8-4(7)2-3(5)6;;;/h3-8H2,1-2H3;3-9H2,1-2H3;2-6H2,1H3,(H,8,9);2H2,1H3,(H,5,6);;;1H2/q;;;;2*+1;/p-2. The second-order valence-electron chi connectivity index (χ2n) is 9.18. The van der Waals surface area contributed by atoms with E-state index in [4.69, 9.17) is 24.1 Å². The van der Waals surface area contributed by atoms with Gasteiger partial charge in [-0.05, 0) is 44.9 Å². The molecule has 0 aromatic heterocycles. The summed E-state index contributed by atoms with van der Waals surface area (Å²) < 4.78 is 28.8. The van der Waals surface area contributed by atoms with E-state index in [-0.39, 0.29) is 100 Å². The van der Waals surface area contributed by atoms with Gasteiger partial charge in [-0.2, -0.15) is 0 Å². The van der Waals surface area contributed by atoms with E-state index in [0.29, 0.717) is 52.1 Å². The van der Waals surface area contributed by atoms with Crippen LogP contribution in [0.4, 0.5) is 0 Å². The zero-order chi connectivity index (χ0) is 35.1. The first-order valence-electron chi connectivity index (χ1n) is 15.4. The molecule has 0 rings (SSSR count). The minimum Gasteiger partial charge on any atom is -0.870 e. The van der Waals surface area contributed by atoms with Crippen molar-refractivity contribution >= 4 is 35.6 Å². The normalized spacial score (nSPS) is 8.96. The average molecular weight is 717 g/mol. The number of carbonyl (C=O) groups is 6. The SMILES string of the molecule is CCCOCCCC(=O)CC(=O)OC.CCCOCCCC(=O)O.CCCOCCCC(=O)OCCC.COC(=O)CC(=O)[O-].[K+].[Li+].[OH-]. The maximum atomic E-state index is 11.1. The maximum Gasteiger partial charge on any atom is 1.00 e. The van der Waals surface area contributed by atoms with Gasteiger partial charge in [-0.25, -0.2) is 0 Å². The summed E-state index contributed by atoms with van der Waals surface area (Å²) in [5.41, 5.74) is 0. The predicted molar refractivity (Wildman–Crippen MR) is 165 cm³/mol. The van der Waals surface area contributed by atoms with Crippen LogP contribution in [0.2, 0.25) is 0 Å². The van der Waals surface area contributed by atoms with Crippen molar-refractivity contribution in [2.75, 3.05) is 60.5 Å². The van der Waals surface area contributed by atoms with E-state index in [0.717, 1.165) is 59.0 Å². The van der Waals surface area contributed by atoms with Crippen LogP contribution in [0.3, 0.4) is 0 Å². The van der Waals surface area contributed by atoms with E-state index >= 15 is 0 Å². The van der Waals surface area contributed by atoms with E-state index in [1.165, 1.54) is 7.11 Å². The summed E-state index contributed by atoms with van der Waals surface area (Å²) in [6.07, 6.45) is 6.24. The van der Waals surface area contributed by atoms with Crippen molar-refractivity contribution in [1.82, 2.24) is 0 Å². The molecule has 0 aliphatic carbocycles. The number of carboxylic acid groups (broad SMARTS) is 2. The van der Waals surface area contributed by atoms with E-state index in [1.807, 2.05) is 20.8 Å². The third-order valence-corrected chi connectivity index (χ3v) is 4.69. The molecule has 15 nitrogen and oxygen atoms in total. The summed E-state index contributed by atoms with van der Waals surface area (Å²) in [4.78, 5) is 62.2. The van der Waals surface area contributed by atoms with Crippen LogP contribution in [0.15, 0.2) is 0 Å². The van der Waals surface area contributed by atoms with Gasteiger partial charge in [0.15, 0.2) is 0 Å². The first kappa shape index (κ1) is 62.2. The number of rotatable bonds is 24. The Morgan fingerprint density at radius 3 is 1.27 bits per heavy atom. The number of carbonyl (C=O) groups excluding carboxylic acids is 5. The van der Waals surface area contributed by atoms with Gasteiger partial charge in [-0.3, -0.25) is 24.0 Å². The molecule has 0 amide bonds. The molecule has 0 bridgehead atoms. The van der Waals surface area contributed by atoms with E-state index in [2.05, 4.69) is 16.4 Å². The van der Waals surface area contributed by atoms with Gasteiger partial charge in [-0.1, -0.05) is 27.7 Å². The number of Topliss-reactive ketones (excluding diaryl/α,β-unsaturated/α-hetero) is 1. The maximum absolute atomic E-state index is 11.1.